The monoisotopic (exact) mass is 358 g/mol. The summed E-state index contributed by atoms with van der Waals surface area (Å²) in [7, 11) is -4.24. The highest BCUT2D eigenvalue weighted by atomic mass is 32.2. The molecule has 3 atom stereocenters. The molecule has 1 rings (SSSR count). The van der Waals surface area contributed by atoms with E-state index in [2.05, 4.69) is 0 Å². The summed E-state index contributed by atoms with van der Waals surface area (Å²) in [5.74, 6) is -5.00. The lowest BCUT2D eigenvalue weighted by Gasteiger charge is -2.27. The van der Waals surface area contributed by atoms with Crippen molar-refractivity contribution in [1.82, 2.24) is 0 Å². The van der Waals surface area contributed by atoms with Gasteiger partial charge in [0, 0.05) is 0 Å². The number of carbonyl (C=O) groups is 2. The second-order valence-electron chi connectivity index (χ2n) is 5.53. The Morgan fingerprint density at radius 1 is 1.21 bits per heavy atom. The third-order valence-corrected chi connectivity index (χ3v) is 4.56. The van der Waals surface area contributed by atoms with Crippen molar-refractivity contribution in [3.63, 3.8) is 0 Å². The van der Waals surface area contributed by atoms with E-state index in [9.17, 15) is 23.1 Å². The lowest BCUT2D eigenvalue weighted by molar-refractivity contribution is -0.157. The highest BCUT2D eigenvalue weighted by molar-refractivity contribution is 7.85. The zero-order valence-corrected chi connectivity index (χ0v) is 14.4. The number of carbonyl (C=O) groups excluding carboxylic acids is 1. The molecule has 0 aliphatic rings. The fourth-order valence-corrected chi connectivity index (χ4v) is 2.95. The molecule has 7 nitrogen and oxygen atoms in total. The molecule has 0 aliphatic carbocycles. The van der Waals surface area contributed by atoms with E-state index in [4.69, 9.17) is 9.29 Å². The van der Waals surface area contributed by atoms with Gasteiger partial charge in [-0.05, 0) is 17.9 Å². The number of hydrogen-bond donors (Lipinski definition) is 2. The molecule has 24 heavy (non-hydrogen) atoms. The predicted molar refractivity (Wildman–Crippen MR) is 87.1 cm³/mol. The topological polar surface area (TPSA) is 118 Å². The normalized spacial score (nSPS) is 15.3. The van der Waals surface area contributed by atoms with Gasteiger partial charge >= 0.3 is 11.9 Å². The Kier molecular flexibility index (Phi) is 7.37. The van der Waals surface area contributed by atoms with Crippen LogP contribution in [0, 0.1) is 11.8 Å². The van der Waals surface area contributed by atoms with E-state index in [1.807, 2.05) is 13.0 Å². The molecule has 3 unspecified atom stereocenters. The minimum absolute atomic E-state index is 0.382. The largest absolute Gasteiger partial charge is 0.481 e. The molecular weight excluding hydrogens is 336 g/mol. The van der Waals surface area contributed by atoms with E-state index in [0.717, 1.165) is 5.56 Å². The Morgan fingerprint density at radius 3 is 2.25 bits per heavy atom. The van der Waals surface area contributed by atoms with Crippen molar-refractivity contribution in [2.75, 3.05) is 12.4 Å². The molecule has 0 saturated carbocycles. The molecule has 0 aromatic heterocycles. The first-order valence-corrected chi connectivity index (χ1v) is 9.17. The van der Waals surface area contributed by atoms with Gasteiger partial charge in [-0.25, -0.2) is 0 Å². The Labute approximate surface area is 141 Å². The van der Waals surface area contributed by atoms with E-state index in [1.54, 1.807) is 24.3 Å². The second-order valence-corrected chi connectivity index (χ2v) is 7.10. The van der Waals surface area contributed by atoms with Crippen LogP contribution in [0.4, 0.5) is 0 Å². The van der Waals surface area contributed by atoms with Crippen molar-refractivity contribution in [2.45, 2.75) is 26.2 Å². The van der Waals surface area contributed by atoms with Gasteiger partial charge in [0.25, 0.3) is 10.1 Å². The summed E-state index contributed by atoms with van der Waals surface area (Å²) in [5.41, 5.74) is 0.810. The van der Waals surface area contributed by atoms with Gasteiger partial charge in [0.2, 0.25) is 0 Å². The summed E-state index contributed by atoms with van der Waals surface area (Å²) >= 11 is 0. The van der Waals surface area contributed by atoms with Crippen molar-refractivity contribution < 1.29 is 32.4 Å². The summed E-state index contributed by atoms with van der Waals surface area (Å²) < 4.78 is 34.7. The van der Waals surface area contributed by atoms with Crippen LogP contribution in [0.15, 0.2) is 30.3 Å². The van der Waals surface area contributed by atoms with Gasteiger partial charge in [-0.3, -0.25) is 14.1 Å². The van der Waals surface area contributed by atoms with Gasteiger partial charge in [-0.2, -0.15) is 8.42 Å². The number of carboxylic acid groups (broad SMARTS) is 1. The molecule has 0 amide bonds. The van der Waals surface area contributed by atoms with Gasteiger partial charge in [0.05, 0.1) is 11.8 Å². The Morgan fingerprint density at radius 2 is 1.79 bits per heavy atom. The highest BCUT2D eigenvalue weighted by Gasteiger charge is 2.37. The van der Waals surface area contributed by atoms with Crippen LogP contribution in [0.1, 0.15) is 31.7 Å². The van der Waals surface area contributed by atoms with E-state index < -0.39 is 46.3 Å². The molecule has 8 heteroatoms. The summed E-state index contributed by atoms with van der Waals surface area (Å²) in [5, 5.41) is 9.57. The number of carboxylic acids is 1. The Bertz CT molecular complexity index is 654. The molecule has 2 N–H and O–H groups in total. The third kappa shape index (κ3) is 5.93. The van der Waals surface area contributed by atoms with Crippen molar-refractivity contribution >= 4 is 22.1 Å². The zero-order valence-electron chi connectivity index (χ0n) is 13.6. The van der Waals surface area contributed by atoms with Crippen molar-refractivity contribution in [2.24, 2.45) is 11.8 Å². The van der Waals surface area contributed by atoms with E-state index in [1.165, 1.54) is 6.92 Å². The highest BCUT2D eigenvalue weighted by Crippen LogP contribution is 2.34. The molecule has 134 valence electrons. The number of ether oxygens (including phenoxy) is 1. The van der Waals surface area contributed by atoms with Crippen molar-refractivity contribution in [3.05, 3.63) is 35.9 Å². The molecule has 1 aromatic rings. The average Bonchev–Trinajstić information content (AvgIpc) is 2.51. The number of hydrogen-bond acceptors (Lipinski definition) is 5. The number of aliphatic carboxylic acids is 1. The van der Waals surface area contributed by atoms with E-state index in [0.29, 0.717) is 6.42 Å². The molecule has 0 radical (unpaired) electrons. The van der Waals surface area contributed by atoms with Crippen molar-refractivity contribution in [3.8, 4) is 0 Å². The maximum atomic E-state index is 12.1. The van der Waals surface area contributed by atoms with Crippen LogP contribution in [-0.4, -0.2) is 42.4 Å². The summed E-state index contributed by atoms with van der Waals surface area (Å²) in [4.78, 5) is 23.8. The van der Waals surface area contributed by atoms with Crippen LogP contribution in [0.5, 0.6) is 0 Å². The van der Waals surface area contributed by atoms with E-state index >= 15 is 0 Å². The van der Waals surface area contributed by atoms with Crippen LogP contribution in [0.2, 0.25) is 0 Å². The van der Waals surface area contributed by atoms with Crippen molar-refractivity contribution in [1.29, 1.82) is 0 Å². The first-order chi connectivity index (χ1) is 11.2. The molecule has 0 spiro atoms. The quantitative estimate of drug-likeness (QED) is 0.511. The lowest BCUT2D eigenvalue weighted by atomic mass is 9.77. The first kappa shape index (κ1) is 20.1. The van der Waals surface area contributed by atoms with E-state index in [-0.39, 0.29) is 5.92 Å². The summed E-state index contributed by atoms with van der Waals surface area (Å²) in [6, 6.07) is 9.03. The first-order valence-electron chi connectivity index (χ1n) is 7.57. The number of rotatable bonds is 9. The maximum Gasteiger partial charge on any atom is 0.309 e. The molecule has 0 saturated heterocycles. The fourth-order valence-electron chi connectivity index (χ4n) is 2.66. The average molecular weight is 358 g/mol. The van der Waals surface area contributed by atoms with Crippen LogP contribution in [-0.2, 0) is 24.4 Å². The number of esters is 1. The standard InChI is InChI=1S/C16H22O7S/c1-3-13(12-7-5-4-6-8-12)14(15(17)18)11(2)16(19)23-9-10-24(20,21)22/h4-8,11,13-14H,3,9-10H2,1-2H3,(H,17,18)(H,20,21,22). The molecule has 0 aliphatic heterocycles. The molecule has 0 heterocycles. The molecular formula is C16H22O7S. The minimum atomic E-state index is -4.24. The van der Waals surface area contributed by atoms with Crippen LogP contribution in [0.25, 0.3) is 0 Å². The van der Waals surface area contributed by atoms with Gasteiger partial charge in [-0.1, -0.05) is 44.2 Å². The zero-order chi connectivity index (χ0) is 18.3. The second kappa shape index (κ2) is 8.79. The summed E-state index contributed by atoms with van der Waals surface area (Å²) in [6.07, 6.45) is 0.517. The van der Waals surface area contributed by atoms with Gasteiger partial charge in [-0.15, -0.1) is 0 Å². The van der Waals surface area contributed by atoms with Crippen LogP contribution in [0.3, 0.4) is 0 Å². The van der Waals surface area contributed by atoms with Crippen LogP contribution < -0.4 is 0 Å². The maximum absolute atomic E-state index is 12.1. The van der Waals surface area contributed by atoms with Crippen LogP contribution >= 0.6 is 0 Å². The molecule has 0 bridgehead atoms. The molecule has 1 aromatic carbocycles. The predicted octanol–water partition coefficient (Wildman–Crippen LogP) is 1.95. The third-order valence-electron chi connectivity index (χ3n) is 3.88. The van der Waals surface area contributed by atoms with Gasteiger partial charge < -0.3 is 9.84 Å². The SMILES string of the molecule is CCC(c1ccccc1)C(C(=O)O)C(C)C(=O)OCCS(=O)(=O)O. The number of benzene rings is 1. The Balaban J connectivity index is 2.89. The fraction of sp³-hybridized carbons (Fsp3) is 0.500. The minimum Gasteiger partial charge on any atom is -0.481 e. The van der Waals surface area contributed by atoms with Gasteiger partial charge in [0.1, 0.15) is 12.4 Å². The lowest BCUT2D eigenvalue weighted by Crippen LogP contribution is -2.34. The summed E-state index contributed by atoms with van der Waals surface area (Å²) in [6.45, 7) is 2.76. The smallest absolute Gasteiger partial charge is 0.309 e. The van der Waals surface area contributed by atoms with Gasteiger partial charge in [0.15, 0.2) is 0 Å². The Hall–Kier alpha value is -1.93. The molecule has 0 fully saturated rings.